The van der Waals surface area contributed by atoms with E-state index in [-0.39, 0.29) is 17.1 Å². The maximum atomic E-state index is 13.9. The number of aromatic nitrogens is 2. The molecule has 3 aromatic rings. The number of rotatable bonds is 1. The monoisotopic (exact) mass is 356 g/mol. The summed E-state index contributed by atoms with van der Waals surface area (Å²) in [6.07, 6.45) is 5.75. The molecule has 0 radical (unpaired) electrons. The van der Waals surface area contributed by atoms with Gasteiger partial charge in [0.1, 0.15) is 17.4 Å². The van der Waals surface area contributed by atoms with Crippen LogP contribution >= 0.6 is 0 Å². The quantitative estimate of drug-likeness (QED) is 0.707. The van der Waals surface area contributed by atoms with Crippen molar-refractivity contribution >= 4 is 16.6 Å². The van der Waals surface area contributed by atoms with Crippen LogP contribution in [0.3, 0.4) is 0 Å². The first kappa shape index (κ1) is 14.2. The SMILES string of the molecule is N#Cc1cc([C@@H]2Nc3ccc4cnn5c4c3[C@]53[C@@H]4CC[C@@H](C4)[C@@H]23)ccc1F. The Balaban J connectivity index is 1.49. The Labute approximate surface area is 155 Å². The van der Waals surface area contributed by atoms with Crippen LogP contribution in [0.4, 0.5) is 10.1 Å². The highest BCUT2D eigenvalue weighted by atomic mass is 19.1. The second kappa shape index (κ2) is 4.33. The minimum Gasteiger partial charge on any atom is -0.377 e. The third kappa shape index (κ3) is 1.36. The zero-order chi connectivity index (χ0) is 17.9. The first-order valence-electron chi connectivity index (χ1n) is 9.71. The summed E-state index contributed by atoms with van der Waals surface area (Å²) in [5, 5.41) is 19.1. The molecule has 5 atom stereocenters. The fourth-order valence-electron chi connectivity index (χ4n) is 6.93. The number of benzene rings is 2. The lowest BCUT2D eigenvalue weighted by Crippen LogP contribution is -2.58. The molecule has 1 spiro atoms. The average Bonchev–Trinajstić information content (AvgIpc) is 3.39. The highest BCUT2D eigenvalue weighted by molar-refractivity contribution is 5.94. The van der Waals surface area contributed by atoms with Crippen molar-refractivity contribution in [2.45, 2.75) is 30.8 Å². The van der Waals surface area contributed by atoms with Gasteiger partial charge in [-0.05, 0) is 60.9 Å². The van der Waals surface area contributed by atoms with Crippen molar-refractivity contribution in [2.75, 3.05) is 5.32 Å². The van der Waals surface area contributed by atoms with Crippen LogP contribution in [0.25, 0.3) is 10.9 Å². The summed E-state index contributed by atoms with van der Waals surface area (Å²) in [5.41, 5.74) is 5.04. The summed E-state index contributed by atoms with van der Waals surface area (Å²) in [6, 6.07) is 11.4. The van der Waals surface area contributed by atoms with Crippen LogP contribution in [0.2, 0.25) is 0 Å². The Kier molecular flexibility index (Phi) is 2.28. The van der Waals surface area contributed by atoms with Crippen molar-refractivity contribution in [3.8, 4) is 6.07 Å². The van der Waals surface area contributed by atoms with Gasteiger partial charge in [-0.15, -0.1) is 0 Å². The van der Waals surface area contributed by atoms with Crippen molar-refractivity contribution in [1.29, 1.82) is 5.26 Å². The van der Waals surface area contributed by atoms with E-state index in [0.717, 1.165) is 5.56 Å². The predicted octanol–water partition coefficient (Wildman–Crippen LogP) is 4.32. The fraction of sp³-hybridized carbons (Fsp3) is 0.364. The van der Waals surface area contributed by atoms with E-state index in [2.05, 4.69) is 22.1 Å². The van der Waals surface area contributed by atoms with Crippen LogP contribution in [0.5, 0.6) is 0 Å². The molecule has 0 unspecified atom stereocenters. The van der Waals surface area contributed by atoms with E-state index in [1.807, 2.05) is 18.3 Å². The first-order chi connectivity index (χ1) is 13.2. The number of hydrogen-bond acceptors (Lipinski definition) is 3. The minimum atomic E-state index is -0.445. The largest absolute Gasteiger partial charge is 0.377 e. The molecule has 1 N–H and O–H groups in total. The van der Waals surface area contributed by atoms with E-state index in [9.17, 15) is 9.65 Å². The summed E-state index contributed by atoms with van der Waals surface area (Å²) in [6.45, 7) is 0. The molecule has 1 aromatic heterocycles. The topological polar surface area (TPSA) is 53.6 Å². The molecule has 4 aliphatic rings. The molecule has 4 nitrogen and oxygen atoms in total. The molecule has 132 valence electrons. The third-order valence-electron chi connectivity index (χ3n) is 7.74. The molecule has 7 rings (SSSR count). The number of nitrogens with zero attached hydrogens (tertiary/aromatic N) is 3. The van der Waals surface area contributed by atoms with Crippen molar-refractivity contribution in [3.63, 3.8) is 0 Å². The van der Waals surface area contributed by atoms with E-state index in [1.54, 1.807) is 6.07 Å². The van der Waals surface area contributed by atoms with Gasteiger partial charge in [0.15, 0.2) is 0 Å². The van der Waals surface area contributed by atoms with Crippen LogP contribution in [0.1, 0.15) is 42.0 Å². The van der Waals surface area contributed by atoms with Crippen LogP contribution in [0.15, 0.2) is 36.5 Å². The molecule has 2 aliphatic carbocycles. The molecule has 2 aliphatic heterocycles. The molecule has 2 saturated carbocycles. The number of hydrogen-bond donors (Lipinski definition) is 1. The number of nitrogens with one attached hydrogen (secondary N) is 1. The smallest absolute Gasteiger partial charge is 0.140 e. The molecule has 2 aromatic carbocycles. The minimum absolute atomic E-state index is 0.0201. The van der Waals surface area contributed by atoms with E-state index >= 15 is 0 Å². The zero-order valence-electron chi connectivity index (χ0n) is 14.6. The maximum absolute atomic E-state index is 13.9. The van der Waals surface area contributed by atoms with E-state index in [4.69, 9.17) is 5.10 Å². The van der Waals surface area contributed by atoms with Gasteiger partial charge in [-0.25, -0.2) is 4.39 Å². The van der Waals surface area contributed by atoms with Crippen LogP contribution in [-0.4, -0.2) is 9.78 Å². The van der Waals surface area contributed by atoms with Gasteiger partial charge < -0.3 is 5.32 Å². The van der Waals surface area contributed by atoms with Crippen molar-refractivity contribution in [2.24, 2.45) is 17.8 Å². The Morgan fingerprint density at radius 3 is 3.07 bits per heavy atom. The normalized spacial score (nSPS) is 34.1. The lowest BCUT2D eigenvalue weighted by Gasteiger charge is -2.57. The van der Waals surface area contributed by atoms with Crippen LogP contribution in [0, 0.1) is 34.9 Å². The van der Waals surface area contributed by atoms with Gasteiger partial charge in [0, 0.05) is 22.6 Å². The number of halogens is 1. The molecule has 0 amide bonds. The lowest BCUT2D eigenvalue weighted by molar-refractivity contribution is 0.0825. The van der Waals surface area contributed by atoms with Gasteiger partial charge in [0.05, 0.1) is 23.3 Å². The molecule has 3 heterocycles. The summed E-state index contributed by atoms with van der Waals surface area (Å²) in [7, 11) is 0. The molecular formula is C22H17FN4. The lowest BCUT2D eigenvalue weighted by atomic mass is 9.59. The molecule has 5 heteroatoms. The fourth-order valence-corrected chi connectivity index (χ4v) is 6.93. The Morgan fingerprint density at radius 1 is 1.26 bits per heavy atom. The number of nitriles is 1. The predicted molar refractivity (Wildman–Crippen MR) is 98.6 cm³/mol. The van der Waals surface area contributed by atoms with Gasteiger partial charge >= 0.3 is 0 Å². The molecule has 2 bridgehead atoms. The second-order valence-corrected chi connectivity index (χ2v) is 8.58. The molecule has 27 heavy (non-hydrogen) atoms. The van der Waals surface area contributed by atoms with E-state index in [1.165, 1.54) is 47.5 Å². The van der Waals surface area contributed by atoms with Crippen molar-refractivity contribution < 1.29 is 4.39 Å². The highest BCUT2D eigenvalue weighted by Crippen LogP contribution is 2.71. The van der Waals surface area contributed by atoms with E-state index in [0.29, 0.717) is 17.8 Å². The van der Waals surface area contributed by atoms with Crippen molar-refractivity contribution in [3.05, 3.63) is 59.0 Å². The highest BCUT2D eigenvalue weighted by Gasteiger charge is 2.69. The van der Waals surface area contributed by atoms with Gasteiger partial charge in [-0.1, -0.05) is 6.07 Å². The Morgan fingerprint density at radius 2 is 2.19 bits per heavy atom. The summed E-state index contributed by atoms with van der Waals surface area (Å²) >= 11 is 0. The standard InChI is InChI=1S/C22H17FN4/c23-16-5-2-12(7-14(16)9-24)20-18-11-1-4-15(8-11)22(18)19-17(26-20)6-3-13-10-25-27(22)21(13)19/h2-3,5-7,10-11,15,18,20,26H,1,4,8H2/t11-,15+,18-,20-,22+/m0/s1. The van der Waals surface area contributed by atoms with Gasteiger partial charge in [0.2, 0.25) is 0 Å². The molecule has 2 fully saturated rings. The maximum Gasteiger partial charge on any atom is 0.140 e. The summed E-state index contributed by atoms with van der Waals surface area (Å²) in [4.78, 5) is 0. The van der Waals surface area contributed by atoms with Gasteiger partial charge in [-0.2, -0.15) is 10.4 Å². The molecule has 0 saturated heterocycles. The zero-order valence-corrected chi connectivity index (χ0v) is 14.6. The summed E-state index contributed by atoms with van der Waals surface area (Å²) < 4.78 is 16.2. The van der Waals surface area contributed by atoms with Crippen LogP contribution in [-0.2, 0) is 5.54 Å². The van der Waals surface area contributed by atoms with Crippen LogP contribution < -0.4 is 5.32 Å². The number of fused-ring (bicyclic) bond motifs is 3. The van der Waals surface area contributed by atoms with E-state index < -0.39 is 5.82 Å². The Hall–Kier alpha value is -2.87. The van der Waals surface area contributed by atoms with Gasteiger partial charge in [0.25, 0.3) is 0 Å². The Bertz CT molecular complexity index is 1200. The summed E-state index contributed by atoms with van der Waals surface area (Å²) in [5.74, 6) is 1.23. The average molecular weight is 356 g/mol. The van der Waals surface area contributed by atoms with Crippen molar-refractivity contribution in [1.82, 2.24) is 9.78 Å². The second-order valence-electron chi connectivity index (χ2n) is 8.58. The third-order valence-corrected chi connectivity index (χ3v) is 7.74. The first-order valence-corrected chi connectivity index (χ1v) is 9.71. The van der Waals surface area contributed by atoms with Gasteiger partial charge in [-0.3, -0.25) is 4.68 Å². The molecular weight excluding hydrogens is 339 g/mol. The number of anilines is 1.